The van der Waals surface area contributed by atoms with Gasteiger partial charge in [0.2, 0.25) is 0 Å². The monoisotopic (exact) mass is 247 g/mol. The third-order valence-corrected chi connectivity index (χ3v) is 3.65. The number of nitrogens with two attached hydrogens (primary N) is 1. The Morgan fingerprint density at radius 2 is 2.11 bits per heavy atom. The lowest BCUT2D eigenvalue weighted by atomic mass is 10.1. The minimum absolute atomic E-state index is 0.583. The predicted molar refractivity (Wildman–Crippen MR) is 76.8 cm³/mol. The van der Waals surface area contributed by atoms with E-state index >= 15 is 0 Å². The molecule has 1 aliphatic rings. The molecule has 0 unspecified atom stereocenters. The third kappa shape index (κ3) is 3.02. The van der Waals surface area contributed by atoms with Gasteiger partial charge in [-0.25, -0.2) is 0 Å². The van der Waals surface area contributed by atoms with Crippen molar-refractivity contribution >= 4 is 5.69 Å². The second-order valence-electron chi connectivity index (χ2n) is 5.44. The molecule has 1 fully saturated rings. The second kappa shape index (κ2) is 5.70. The first-order valence-electron chi connectivity index (χ1n) is 7.07. The molecule has 0 aromatic carbocycles. The SMILES string of the molecule is CCCN(CC1CC1)c1cc(C)nc(C)c1CN. The Balaban J connectivity index is 2.31. The fourth-order valence-corrected chi connectivity index (χ4v) is 2.56. The summed E-state index contributed by atoms with van der Waals surface area (Å²) in [5, 5.41) is 0. The van der Waals surface area contributed by atoms with Crippen molar-refractivity contribution < 1.29 is 0 Å². The third-order valence-electron chi connectivity index (χ3n) is 3.65. The zero-order valence-corrected chi connectivity index (χ0v) is 11.9. The molecule has 1 aromatic rings. The number of hydrogen-bond acceptors (Lipinski definition) is 3. The maximum absolute atomic E-state index is 5.92. The van der Waals surface area contributed by atoms with Gasteiger partial charge in [0.25, 0.3) is 0 Å². The molecule has 0 amide bonds. The summed E-state index contributed by atoms with van der Waals surface area (Å²) in [5.74, 6) is 0.899. The average molecular weight is 247 g/mol. The zero-order chi connectivity index (χ0) is 13.1. The van der Waals surface area contributed by atoms with E-state index in [0.29, 0.717) is 6.54 Å². The number of anilines is 1. The fraction of sp³-hybridized carbons (Fsp3) is 0.667. The van der Waals surface area contributed by atoms with Crippen molar-refractivity contribution in [3.05, 3.63) is 23.0 Å². The minimum atomic E-state index is 0.583. The lowest BCUT2D eigenvalue weighted by Crippen LogP contribution is -2.28. The number of hydrogen-bond donors (Lipinski definition) is 1. The van der Waals surface area contributed by atoms with Gasteiger partial charge in [0.05, 0.1) is 0 Å². The maximum Gasteiger partial charge on any atom is 0.0448 e. The topological polar surface area (TPSA) is 42.2 Å². The molecular formula is C15H25N3. The Morgan fingerprint density at radius 1 is 1.39 bits per heavy atom. The van der Waals surface area contributed by atoms with Gasteiger partial charge >= 0.3 is 0 Å². The minimum Gasteiger partial charge on any atom is -0.371 e. The molecule has 18 heavy (non-hydrogen) atoms. The maximum atomic E-state index is 5.92. The first-order chi connectivity index (χ1) is 8.65. The van der Waals surface area contributed by atoms with Gasteiger partial charge in [-0.15, -0.1) is 0 Å². The van der Waals surface area contributed by atoms with Crippen LogP contribution in [0.25, 0.3) is 0 Å². The van der Waals surface area contributed by atoms with Crippen molar-refractivity contribution in [3.8, 4) is 0 Å². The second-order valence-corrected chi connectivity index (χ2v) is 5.44. The first-order valence-corrected chi connectivity index (χ1v) is 7.07. The molecule has 0 radical (unpaired) electrons. The summed E-state index contributed by atoms with van der Waals surface area (Å²) in [7, 11) is 0. The summed E-state index contributed by atoms with van der Waals surface area (Å²) in [4.78, 5) is 7.05. The number of rotatable bonds is 6. The number of nitrogens with zero attached hydrogens (tertiary/aromatic N) is 2. The largest absolute Gasteiger partial charge is 0.371 e. The highest BCUT2D eigenvalue weighted by molar-refractivity contribution is 5.56. The van der Waals surface area contributed by atoms with E-state index in [1.54, 1.807) is 0 Å². The Kier molecular flexibility index (Phi) is 4.23. The van der Waals surface area contributed by atoms with Crippen LogP contribution in [0.4, 0.5) is 5.69 Å². The summed E-state index contributed by atoms with van der Waals surface area (Å²) in [6.45, 7) is 9.26. The fourth-order valence-electron chi connectivity index (χ4n) is 2.56. The summed E-state index contributed by atoms with van der Waals surface area (Å²) in [6, 6.07) is 2.20. The molecule has 2 rings (SSSR count). The van der Waals surface area contributed by atoms with E-state index in [-0.39, 0.29) is 0 Å². The van der Waals surface area contributed by atoms with Gasteiger partial charge in [-0.05, 0) is 45.1 Å². The van der Waals surface area contributed by atoms with Crippen LogP contribution in [0.3, 0.4) is 0 Å². The molecule has 1 heterocycles. The molecule has 1 saturated carbocycles. The number of aromatic nitrogens is 1. The van der Waals surface area contributed by atoms with Crippen molar-refractivity contribution in [2.45, 2.75) is 46.6 Å². The van der Waals surface area contributed by atoms with Crippen molar-refractivity contribution in [1.29, 1.82) is 0 Å². The molecule has 0 spiro atoms. The molecule has 3 heteroatoms. The van der Waals surface area contributed by atoms with Crippen LogP contribution in [0.15, 0.2) is 6.07 Å². The van der Waals surface area contributed by atoms with Crippen LogP contribution in [0.5, 0.6) is 0 Å². The predicted octanol–water partition coefficient (Wildman–Crippen LogP) is 2.78. The van der Waals surface area contributed by atoms with E-state index in [9.17, 15) is 0 Å². The van der Waals surface area contributed by atoms with E-state index in [1.807, 2.05) is 0 Å². The first kappa shape index (κ1) is 13.3. The van der Waals surface area contributed by atoms with Gasteiger partial charge in [-0.3, -0.25) is 4.98 Å². The van der Waals surface area contributed by atoms with Crippen LogP contribution in [0.2, 0.25) is 0 Å². The smallest absolute Gasteiger partial charge is 0.0448 e. The van der Waals surface area contributed by atoms with Crippen molar-refractivity contribution in [2.75, 3.05) is 18.0 Å². The molecule has 0 atom stereocenters. The average Bonchev–Trinajstić information content (AvgIpc) is 3.11. The van der Waals surface area contributed by atoms with E-state index in [0.717, 1.165) is 23.9 Å². The summed E-state index contributed by atoms with van der Waals surface area (Å²) >= 11 is 0. The van der Waals surface area contributed by atoms with Gasteiger partial charge < -0.3 is 10.6 Å². The number of pyridine rings is 1. The molecule has 100 valence electrons. The Labute approximate surface area is 110 Å². The lowest BCUT2D eigenvalue weighted by Gasteiger charge is -2.27. The van der Waals surface area contributed by atoms with Gasteiger partial charge in [0.15, 0.2) is 0 Å². The normalized spacial score (nSPS) is 14.9. The molecule has 1 aliphatic carbocycles. The molecule has 0 aliphatic heterocycles. The lowest BCUT2D eigenvalue weighted by molar-refractivity contribution is 0.702. The molecule has 3 nitrogen and oxygen atoms in total. The van der Waals surface area contributed by atoms with Crippen molar-refractivity contribution in [3.63, 3.8) is 0 Å². The van der Waals surface area contributed by atoms with Crippen LogP contribution in [0.1, 0.15) is 43.1 Å². The standard InChI is InChI=1S/C15H25N3/c1-4-7-18(10-13-5-6-13)15-8-11(2)17-12(3)14(15)9-16/h8,13H,4-7,9-10,16H2,1-3H3. The summed E-state index contributed by atoms with van der Waals surface area (Å²) in [5.41, 5.74) is 10.6. The van der Waals surface area contributed by atoms with Crippen LogP contribution in [0, 0.1) is 19.8 Å². The Bertz CT molecular complexity index is 410. The van der Waals surface area contributed by atoms with E-state index in [1.165, 1.54) is 37.1 Å². The highest BCUT2D eigenvalue weighted by Gasteiger charge is 2.25. The molecular weight excluding hydrogens is 222 g/mol. The van der Waals surface area contributed by atoms with Gasteiger partial charge in [-0.2, -0.15) is 0 Å². The molecule has 0 bridgehead atoms. The van der Waals surface area contributed by atoms with Gasteiger partial charge in [0, 0.05) is 42.3 Å². The van der Waals surface area contributed by atoms with Crippen LogP contribution < -0.4 is 10.6 Å². The summed E-state index contributed by atoms with van der Waals surface area (Å²) < 4.78 is 0. The number of aryl methyl sites for hydroxylation is 2. The highest BCUT2D eigenvalue weighted by Crippen LogP contribution is 2.33. The highest BCUT2D eigenvalue weighted by atomic mass is 15.1. The van der Waals surface area contributed by atoms with E-state index in [4.69, 9.17) is 5.73 Å². The van der Waals surface area contributed by atoms with Crippen molar-refractivity contribution in [1.82, 2.24) is 4.98 Å². The van der Waals surface area contributed by atoms with E-state index < -0.39 is 0 Å². The Morgan fingerprint density at radius 3 is 2.67 bits per heavy atom. The summed E-state index contributed by atoms with van der Waals surface area (Å²) in [6.07, 6.45) is 3.96. The molecule has 2 N–H and O–H groups in total. The Hall–Kier alpha value is -1.09. The van der Waals surface area contributed by atoms with E-state index in [2.05, 4.69) is 36.7 Å². The van der Waals surface area contributed by atoms with Crippen LogP contribution in [-0.4, -0.2) is 18.1 Å². The van der Waals surface area contributed by atoms with Crippen molar-refractivity contribution in [2.24, 2.45) is 11.7 Å². The van der Waals surface area contributed by atoms with Crippen LogP contribution >= 0.6 is 0 Å². The van der Waals surface area contributed by atoms with Gasteiger partial charge in [0.1, 0.15) is 0 Å². The van der Waals surface area contributed by atoms with Gasteiger partial charge in [-0.1, -0.05) is 6.92 Å². The van der Waals surface area contributed by atoms with Crippen LogP contribution in [-0.2, 0) is 6.54 Å². The quantitative estimate of drug-likeness (QED) is 0.840. The molecule has 0 saturated heterocycles. The molecule has 1 aromatic heterocycles. The zero-order valence-electron chi connectivity index (χ0n) is 11.9.